The van der Waals surface area contributed by atoms with E-state index in [0.717, 1.165) is 35.3 Å². The van der Waals surface area contributed by atoms with Gasteiger partial charge in [0.25, 0.3) is 5.91 Å². The third-order valence-electron chi connectivity index (χ3n) is 4.76. The Hall–Kier alpha value is -2.37. The minimum Gasteiger partial charge on any atom is -0.325 e. The van der Waals surface area contributed by atoms with Crippen LogP contribution in [0.4, 0.5) is 10.5 Å². The molecule has 2 fully saturated rings. The zero-order chi connectivity index (χ0) is 17.3. The Kier molecular flexibility index (Phi) is 4.30. The van der Waals surface area contributed by atoms with E-state index < -0.39 is 11.6 Å². The topological polar surface area (TPSA) is 78.5 Å². The molecule has 1 aromatic carbocycles. The number of amides is 4. The molecule has 0 bridgehead atoms. The zero-order valence-electron chi connectivity index (χ0n) is 14.1. The fraction of sp³-hybridized carbons (Fsp3) is 0.500. The normalized spacial score (nSPS) is 19.5. The molecule has 1 saturated carbocycles. The lowest BCUT2D eigenvalue weighted by atomic mass is 9.82. The maximum absolute atomic E-state index is 12.7. The first kappa shape index (κ1) is 16.5. The lowest BCUT2D eigenvalue weighted by Crippen LogP contribution is -2.48. The molecule has 1 aliphatic heterocycles. The summed E-state index contributed by atoms with van der Waals surface area (Å²) in [5, 5.41) is 5.58. The largest absolute Gasteiger partial charge is 0.325 e. The first-order chi connectivity index (χ1) is 11.4. The molecule has 6 nitrogen and oxygen atoms in total. The summed E-state index contributed by atoms with van der Waals surface area (Å²) in [6.45, 7) is 3.65. The van der Waals surface area contributed by atoms with Gasteiger partial charge >= 0.3 is 6.03 Å². The molecular weight excluding hydrogens is 306 g/mol. The number of carbonyl (C=O) groups excluding carboxylic acids is 3. The lowest BCUT2D eigenvalue weighted by Gasteiger charge is -2.30. The summed E-state index contributed by atoms with van der Waals surface area (Å²) in [5.74, 6) is -0.626. The van der Waals surface area contributed by atoms with Crippen LogP contribution in [0.2, 0.25) is 0 Å². The highest BCUT2D eigenvalue weighted by molar-refractivity contribution is 6.10. The summed E-state index contributed by atoms with van der Waals surface area (Å²) >= 11 is 0. The standard InChI is InChI=1S/C18H23N3O3/c1-12-8-13(2)10-14(9-12)19-15(22)11-21-16(23)18(20-17(21)24)6-4-3-5-7-18/h8-10H,3-7,11H2,1-2H3,(H,19,22)(H,20,24). The van der Waals surface area contributed by atoms with Crippen molar-refractivity contribution in [3.8, 4) is 0 Å². The summed E-state index contributed by atoms with van der Waals surface area (Å²) < 4.78 is 0. The SMILES string of the molecule is Cc1cc(C)cc(NC(=O)CN2C(=O)NC3(CCCCC3)C2=O)c1. The van der Waals surface area contributed by atoms with Crippen LogP contribution in [0.1, 0.15) is 43.2 Å². The van der Waals surface area contributed by atoms with Crippen molar-refractivity contribution in [1.82, 2.24) is 10.2 Å². The predicted octanol–water partition coefficient (Wildman–Crippen LogP) is 2.50. The van der Waals surface area contributed by atoms with Gasteiger partial charge in [-0.3, -0.25) is 14.5 Å². The first-order valence-corrected chi connectivity index (χ1v) is 8.42. The minimum atomic E-state index is -0.782. The van der Waals surface area contributed by atoms with Crippen molar-refractivity contribution in [3.05, 3.63) is 29.3 Å². The number of carbonyl (C=O) groups is 3. The van der Waals surface area contributed by atoms with E-state index in [9.17, 15) is 14.4 Å². The van der Waals surface area contributed by atoms with Crippen LogP contribution in [0, 0.1) is 13.8 Å². The number of hydrogen-bond donors (Lipinski definition) is 2. The summed E-state index contributed by atoms with van der Waals surface area (Å²) in [5.41, 5.74) is 1.98. The fourth-order valence-electron chi connectivity index (χ4n) is 3.70. The van der Waals surface area contributed by atoms with Gasteiger partial charge in [-0.05, 0) is 49.9 Å². The van der Waals surface area contributed by atoms with E-state index in [1.165, 1.54) is 0 Å². The smallest absolute Gasteiger partial charge is 0.325 e. The van der Waals surface area contributed by atoms with Crippen LogP contribution >= 0.6 is 0 Å². The molecule has 0 unspecified atom stereocenters. The molecule has 1 aromatic rings. The van der Waals surface area contributed by atoms with Gasteiger partial charge in [0, 0.05) is 5.69 Å². The van der Waals surface area contributed by atoms with E-state index in [1.54, 1.807) is 0 Å². The van der Waals surface area contributed by atoms with Crippen LogP contribution in [0.25, 0.3) is 0 Å². The third kappa shape index (κ3) is 3.13. The number of hydrogen-bond acceptors (Lipinski definition) is 3. The summed E-state index contributed by atoms with van der Waals surface area (Å²) in [7, 11) is 0. The average molecular weight is 329 g/mol. The number of imide groups is 1. The molecule has 2 N–H and O–H groups in total. The van der Waals surface area contributed by atoms with Crippen molar-refractivity contribution >= 4 is 23.5 Å². The van der Waals surface area contributed by atoms with Crippen molar-refractivity contribution in [2.24, 2.45) is 0 Å². The number of nitrogens with one attached hydrogen (secondary N) is 2. The molecule has 1 spiro atoms. The Bertz CT molecular complexity index is 672. The van der Waals surface area contributed by atoms with Gasteiger partial charge in [-0.25, -0.2) is 4.79 Å². The molecule has 0 radical (unpaired) electrons. The number of nitrogens with zero attached hydrogens (tertiary/aromatic N) is 1. The van der Waals surface area contributed by atoms with Gasteiger partial charge in [0.1, 0.15) is 12.1 Å². The van der Waals surface area contributed by atoms with Crippen LogP contribution in [-0.2, 0) is 9.59 Å². The van der Waals surface area contributed by atoms with Crippen LogP contribution in [0.15, 0.2) is 18.2 Å². The number of rotatable bonds is 3. The highest BCUT2D eigenvalue weighted by atomic mass is 16.2. The maximum atomic E-state index is 12.7. The summed E-state index contributed by atoms with van der Waals surface area (Å²) in [4.78, 5) is 38.1. The zero-order valence-corrected chi connectivity index (χ0v) is 14.1. The van der Waals surface area contributed by atoms with Crippen LogP contribution in [0.5, 0.6) is 0 Å². The molecular formula is C18H23N3O3. The van der Waals surface area contributed by atoms with E-state index in [2.05, 4.69) is 10.6 Å². The van der Waals surface area contributed by atoms with E-state index in [4.69, 9.17) is 0 Å². The molecule has 1 aliphatic carbocycles. The number of urea groups is 1. The van der Waals surface area contributed by atoms with E-state index in [0.29, 0.717) is 18.5 Å². The molecule has 1 heterocycles. The van der Waals surface area contributed by atoms with Crippen molar-refractivity contribution in [2.75, 3.05) is 11.9 Å². The molecule has 24 heavy (non-hydrogen) atoms. The van der Waals surface area contributed by atoms with E-state index >= 15 is 0 Å². The van der Waals surface area contributed by atoms with Gasteiger partial charge in [-0.1, -0.05) is 25.3 Å². The fourth-order valence-corrected chi connectivity index (χ4v) is 3.70. The summed E-state index contributed by atoms with van der Waals surface area (Å²) in [6.07, 6.45) is 4.25. The van der Waals surface area contributed by atoms with Crippen LogP contribution in [-0.4, -0.2) is 34.8 Å². The Morgan fingerprint density at radius 2 is 1.75 bits per heavy atom. The Labute approximate surface area is 141 Å². The van der Waals surface area contributed by atoms with Gasteiger partial charge in [-0.2, -0.15) is 0 Å². The Morgan fingerprint density at radius 3 is 2.38 bits per heavy atom. The second-order valence-electron chi connectivity index (χ2n) is 6.89. The third-order valence-corrected chi connectivity index (χ3v) is 4.76. The highest BCUT2D eigenvalue weighted by Crippen LogP contribution is 2.33. The van der Waals surface area contributed by atoms with Gasteiger partial charge in [-0.15, -0.1) is 0 Å². The lowest BCUT2D eigenvalue weighted by molar-refractivity contribution is -0.134. The second-order valence-corrected chi connectivity index (χ2v) is 6.89. The van der Waals surface area contributed by atoms with Crippen molar-refractivity contribution in [1.29, 1.82) is 0 Å². The molecule has 1 saturated heterocycles. The minimum absolute atomic E-state index is 0.251. The monoisotopic (exact) mass is 329 g/mol. The van der Waals surface area contributed by atoms with Crippen molar-refractivity contribution in [3.63, 3.8) is 0 Å². The van der Waals surface area contributed by atoms with Crippen LogP contribution < -0.4 is 10.6 Å². The van der Waals surface area contributed by atoms with Crippen molar-refractivity contribution in [2.45, 2.75) is 51.5 Å². The highest BCUT2D eigenvalue weighted by Gasteiger charge is 2.51. The van der Waals surface area contributed by atoms with Gasteiger partial charge in [0.15, 0.2) is 0 Å². The molecule has 0 aromatic heterocycles. The first-order valence-electron chi connectivity index (χ1n) is 8.42. The molecule has 4 amide bonds. The van der Waals surface area contributed by atoms with E-state index in [-0.39, 0.29) is 18.4 Å². The molecule has 6 heteroatoms. The van der Waals surface area contributed by atoms with Crippen molar-refractivity contribution < 1.29 is 14.4 Å². The Balaban J connectivity index is 1.67. The average Bonchev–Trinajstić information content (AvgIpc) is 2.71. The van der Waals surface area contributed by atoms with Gasteiger partial charge < -0.3 is 10.6 Å². The number of anilines is 1. The maximum Gasteiger partial charge on any atom is 0.325 e. The Morgan fingerprint density at radius 1 is 1.12 bits per heavy atom. The molecule has 0 atom stereocenters. The quantitative estimate of drug-likeness (QED) is 0.836. The van der Waals surface area contributed by atoms with E-state index in [1.807, 2.05) is 32.0 Å². The molecule has 3 rings (SSSR count). The predicted molar refractivity (Wildman–Crippen MR) is 90.6 cm³/mol. The van der Waals surface area contributed by atoms with Gasteiger partial charge in [0.2, 0.25) is 5.91 Å². The number of benzene rings is 1. The molecule has 128 valence electrons. The summed E-state index contributed by atoms with van der Waals surface area (Å²) in [6, 6.07) is 5.27. The number of aryl methyl sites for hydroxylation is 2. The van der Waals surface area contributed by atoms with Gasteiger partial charge in [0.05, 0.1) is 0 Å². The second kappa shape index (κ2) is 6.26. The van der Waals surface area contributed by atoms with Crippen LogP contribution in [0.3, 0.4) is 0 Å². The molecule has 2 aliphatic rings.